The average molecular weight is 494 g/mol. The molecule has 0 unspecified atom stereocenters. The third-order valence-corrected chi connectivity index (χ3v) is 10.6. The Morgan fingerprint density at radius 3 is 2.15 bits per heavy atom. The quantitative estimate of drug-likeness (QED) is 0.543. The molecule has 3 rings (SSSR count). The Morgan fingerprint density at radius 1 is 1.19 bits per heavy atom. The number of nitrogens with zero attached hydrogens (tertiary/aromatic N) is 1. The molecule has 0 saturated heterocycles. The molecule has 2 aliphatic rings. The second-order valence-electron chi connectivity index (χ2n) is 9.51. The fourth-order valence-electron chi connectivity index (χ4n) is 5.05. The van der Waals surface area contributed by atoms with E-state index in [9.17, 15) is 5.11 Å². The summed E-state index contributed by atoms with van der Waals surface area (Å²) in [6, 6.07) is 6.40. The summed E-state index contributed by atoms with van der Waals surface area (Å²) in [5.74, 6) is 1.50. The van der Waals surface area contributed by atoms with Gasteiger partial charge in [0, 0.05) is 5.54 Å². The van der Waals surface area contributed by atoms with Crippen molar-refractivity contribution in [2.24, 2.45) is 5.92 Å². The van der Waals surface area contributed by atoms with Gasteiger partial charge >= 0.3 is 37.9 Å². The molecule has 0 aliphatic heterocycles. The third kappa shape index (κ3) is 4.46. The van der Waals surface area contributed by atoms with Crippen molar-refractivity contribution in [1.82, 2.24) is 4.57 Å². The van der Waals surface area contributed by atoms with E-state index in [-0.39, 0.29) is 5.41 Å². The van der Waals surface area contributed by atoms with Crippen molar-refractivity contribution in [3.05, 3.63) is 23.8 Å². The Kier molecular flexibility index (Phi) is 7.57. The van der Waals surface area contributed by atoms with Crippen LogP contribution in [-0.2, 0) is 26.3 Å². The molecule has 0 heterocycles. The topological polar surface area (TPSA) is 23.5 Å². The van der Waals surface area contributed by atoms with Gasteiger partial charge in [-0.2, -0.15) is 0 Å². The number of para-hydroxylation sites is 1. The zero-order valence-corrected chi connectivity index (χ0v) is 22.0. The fraction of sp³-hybridized carbons (Fsp3) is 0.700. The Hall–Kier alpha value is 0.660. The molecular weight excluding hydrogens is 460 g/mol. The van der Waals surface area contributed by atoms with Gasteiger partial charge in [0.1, 0.15) is 5.75 Å². The molecule has 1 N–H and O–H groups in total. The number of fused-ring (bicyclic) bond motifs is 2. The van der Waals surface area contributed by atoms with E-state index in [4.69, 9.17) is 17.0 Å². The van der Waals surface area contributed by atoms with Gasteiger partial charge < -0.3 is 9.67 Å². The average Bonchev–Trinajstić information content (AvgIpc) is 3.15. The van der Waals surface area contributed by atoms with Crippen LogP contribution >= 0.6 is 17.0 Å². The van der Waals surface area contributed by atoms with E-state index < -0.39 is 29.1 Å². The molecule has 1 aromatic rings. The van der Waals surface area contributed by atoms with E-state index in [1.165, 1.54) is 37.3 Å². The summed E-state index contributed by atoms with van der Waals surface area (Å²) in [6.07, 6.45) is 6.89. The van der Waals surface area contributed by atoms with Crippen LogP contribution in [0.5, 0.6) is 5.75 Å². The number of rotatable bonds is 3. The molecule has 2 aliphatic carbocycles. The summed E-state index contributed by atoms with van der Waals surface area (Å²) in [5, 5.41) is 12.2. The van der Waals surface area contributed by atoms with Gasteiger partial charge in [0.2, 0.25) is 0 Å². The molecule has 2 saturated carbocycles. The Labute approximate surface area is 179 Å². The van der Waals surface area contributed by atoms with E-state index in [1.54, 1.807) is 0 Å². The van der Waals surface area contributed by atoms with E-state index in [0.29, 0.717) is 11.3 Å². The summed E-state index contributed by atoms with van der Waals surface area (Å²) >= 11 is -0.826. The van der Waals surface area contributed by atoms with Gasteiger partial charge in [-0.25, -0.2) is 0 Å². The van der Waals surface area contributed by atoms with Crippen molar-refractivity contribution in [3.63, 3.8) is 0 Å². The molecule has 1 aromatic carbocycles. The maximum atomic E-state index is 11.0. The molecule has 2 nitrogen and oxygen atoms in total. The first-order valence-corrected chi connectivity index (χ1v) is 18.8. The number of halogens is 2. The molecule has 0 atom stereocenters. The van der Waals surface area contributed by atoms with Gasteiger partial charge in [-0.1, -0.05) is 52.1 Å². The van der Waals surface area contributed by atoms with Gasteiger partial charge in [-0.05, 0) is 61.2 Å². The zero-order valence-electron chi connectivity index (χ0n) is 17.0. The van der Waals surface area contributed by atoms with Crippen LogP contribution in [0.3, 0.4) is 0 Å². The van der Waals surface area contributed by atoms with Gasteiger partial charge in [0.15, 0.2) is 8.24 Å². The Morgan fingerprint density at radius 2 is 1.73 bits per heavy atom. The number of hydrogen-bond donors (Lipinski definition) is 1. The molecule has 0 amide bonds. The second-order valence-corrected chi connectivity index (χ2v) is 17.6. The number of phenolic OH excluding ortho intramolecular Hbond substituents is 1. The van der Waals surface area contributed by atoms with Crippen molar-refractivity contribution in [1.29, 1.82) is 0 Å². The van der Waals surface area contributed by atoms with E-state index in [2.05, 4.69) is 63.7 Å². The zero-order chi connectivity index (χ0) is 19.8. The second kappa shape index (κ2) is 8.57. The molecule has 2 fully saturated rings. The van der Waals surface area contributed by atoms with Crippen LogP contribution in [0.1, 0.15) is 58.4 Å². The molecular formula is C20H33Cl2NOSiZr. The van der Waals surface area contributed by atoms with E-state index in [0.717, 1.165) is 11.5 Å². The first kappa shape index (κ1) is 22.9. The molecule has 146 valence electrons. The van der Waals surface area contributed by atoms with Crippen LogP contribution in [0.2, 0.25) is 13.1 Å². The number of aromatic hydroxyl groups is 1. The van der Waals surface area contributed by atoms with Crippen LogP contribution in [0.25, 0.3) is 0 Å². The molecule has 6 heteroatoms. The van der Waals surface area contributed by atoms with Crippen molar-refractivity contribution in [3.8, 4) is 5.75 Å². The minimum absolute atomic E-state index is 0.0206. The summed E-state index contributed by atoms with van der Waals surface area (Å²) < 4.78 is 2.72. The summed E-state index contributed by atoms with van der Waals surface area (Å²) in [6.45, 7) is 11.4. The number of hydrogen-bond acceptors (Lipinski definition) is 2. The summed E-state index contributed by atoms with van der Waals surface area (Å²) in [5.41, 5.74) is 1.47. The SMILES string of the molecule is CN(C12CCC(CC1)C2)[Si](C)(C)c1cccc(C(C)(C)C)c1O.[Cl][Zr][Cl]. The molecule has 2 bridgehead atoms. The molecule has 0 spiro atoms. The minimum atomic E-state index is -1.89. The van der Waals surface area contributed by atoms with Crippen LogP contribution in [0.4, 0.5) is 0 Å². The Bertz CT molecular complexity index is 625. The fourth-order valence-corrected chi connectivity index (χ4v) is 8.13. The Balaban J connectivity index is 0.000000758. The monoisotopic (exact) mass is 491 g/mol. The van der Waals surface area contributed by atoms with Gasteiger partial charge in [-0.15, -0.1) is 0 Å². The normalized spacial score (nSPS) is 25.2. The van der Waals surface area contributed by atoms with Crippen molar-refractivity contribution in [2.45, 2.75) is 76.9 Å². The van der Waals surface area contributed by atoms with Crippen LogP contribution in [0, 0.1) is 5.92 Å². The summed E-state index contributed by atoms with van der Waals surface area (Å²) in [7, 11) is 10.3. The maximum absolute atomic E-state index is 11.0. The molecule has 0 radical (unpaired) electrons. The van der Waals surface area contributed by atoms with E-state index in [1.807, 2.05) is 0 Å². The van der Waals surface area contributed by atoms with Gasteiger partial charge in [0.05, 0.1) is 0 Å². The third-order valence-electron chi connectivity index (χ3n) is 6.76. The predicted octanol–water partition coefficient (Wildman–Crippen LogP) is 5.74. The van der Waals surface area contributed by atoms with Crippen molar-refractivity contribution < 1.29 is 26.0 Å². The van der Waals surface area contributed by atoms with Gasteiger partial charge in [0.25, 0.3) is 0 Å². The first-order chi connectivity index (χ1) is 12.0. The predicted molar refractivity (Wildman–Crippen MR) is 113 cm³/mol. The first-order valence-electron chi connectivity index (χ1n) is 9.53. The van der Waals surface area contributed by atoms with Gasteiger partial charge in [-0.3, -0.25) is 0 Å². The van der Waals surface area contributed by atoms with Crippen molar-refractivity contribution in [2.75, 3.05) is 7.05 Å². The van der Waals surface area contributed by atoms with Crippen LogP contribution < -0.4 is 5.19 Å². The number of benzene rings is 1. The number of phenols is 1. The van der Waals surface area contributed by atoms with Crippen molar-refractivity contribution >= 4 is 30.4 Å². The molecule has 26 heavy (non-hydrogen) atoms. The van der Waals surface area contributed by atoms with E-state index >= 15 is 0 Å². The van der Waals surface area contributed by atoms with Crippen LogP contribution in [-0.4, -0.2) is 30.5 Å². The summed E-state index contributed by atoms with van der Waals surface area (Å²) in [4.78, 5) is 0. The molecule has 0 aromatic heterocycles. The van der Waals surface area contributed by atoms with Crippen LogP contribution in [0.15, 0.2) is 18.2 Å². The standard InChI is InChI=1S/C20H33NOSi.2ClH.Zr/c1-19(2,3)16-8-7-9-17(18(16)22)23(5,6)21(4)20-12-10-15(14-20)11-13-20;;;/h7-9,15,22H,10-14H2,1-6H3;2*1H;/q;;;+2/p-2.